The highest BCUT2D eigenvalue weighted by Crippen LogP contribution is 2.38. The van der Waals surface area contributed by atoms with Gasteiger partial charge in [-0.2, -0.15) is 17.5 Å². The van der Waals surface area contributed by atoms with Gasteiger partial charge in [0.25, 0.3) is 5.89 Å². The molecule has 28 heavy (non-hydrogen) atoms. The third-order valence-electron chi connectivity index (χ3n) is 4.43. The maximum Gasteiger partial charge on any atom is 0.416 e. The van der Waals surface area contributed by atoms with E-state index in [4.69, 9.17) is 4.42 Å². The number of halogens is 3. The quantitative estimate of drug-likeness (QED) is 0.617. The first-order valence-corrected chi connectivity index (χ1v) is 10.7. The Morgan fingerprint density at radius 2 is 2.00 bits per heavy atom. The molecule has 1 saturated heterocycles. The normalized spacial score (nSPS) is 18.6. The van der Waals surface area contributed by atoms with E-state index in [9.17, 15) is 21.6 Å². The lowest BCUT2D eigenvalue weighted by atomic mass is 10.2. The van der Waals surface area contributed by atoms with Gasteiger partial charge in [0, 0.05) is 6.54 Å². The Kier molecular flexibility index (Phi) is 4.76. The Hall–Kier alpha value is -2.24. The summed E-state index contributed by atoms with van der Waals surface area (Å²) in [5.41, 5.74) is -1.01. The van der Waals surface area contributed by atoms with Gasteiger partial charge in [-0.3, -0.25) is 0 Å². The fraction of sp³-hybridized carbons (Fsp3) is 0.294. The lowest BCUT2D eigenvalue weighted by Crippen LogP contribution is -2.31. The first-order valence-electron chi connectivity index (χ1n) is 8.33. The minimum atomic E-state index is -4.63. The Balaban J connectivity index is 1.66. The van der Waals surface area contributed by atoms with Crippen LogP contribution < -0.4 is 0 Å². The molecule has 1 aliphatic heterocycles. The predicted octanol–water partition coefficient (Wildman–Crippen LogP) is 4.34. The third kappa shape index (κ3) is 3.45. The Morgan fingerprint density at radius 1 is 1.18 bits per heavy atom. The van der Waals surface area contributed by atoms with Gasteiger partial charge in [-0.15, -0.1) is 21.5 Å². The fourth-order valence-electron chi connectivity index (χ4n) is 3.11. The number of benzene rings is 1. The van der Waals surface area contributed by atoms with E-state index in [0.29, 0.717) is 18.9 Å². The summed E-state index contributed by atoms with van der Waals surface area (Å²) in [6.45, 7) is 0.167. The molecule has 6 nitrogen and oxygen atoms in total. The van der Waals surface area contributed by atoms with Crippen molar-refractivity contribution in [2.45, 2.75) is 30.0 Å². The standard InChI is InChI=1S/C17H14F3N3O3S2/c18-17(19,20)11-4-1-5-12(10-11)28(24,25)23-8-2-6-13(23)15-21-22-16(26-15)14-7-3-9-27-14/h1,3-5,7,9-10,13H,2,6,8H2/t13-/m0/s1. The molecule has 0 bridgehead atoms. The zero-order valence-corrected chi connectivity index (χ0v) is 15.9. The van der Waals surface area contributed by atoms with E-state index in [1.54, 1.807) is 6.07 Å². The molecule has 1 aromatic carbocycles. The maximum absolute atomic E-state index is 13.0. The summed E-state index contributed by atoms with van der Waals surface area (Å²) in [6, 6.07) is 6.65. The average Bonchev–Trinajstić information content (AvgIpc) is 3.40. The van der Waals surface area contributed by atoms with Gasteiger partial charge in [-0.1, -0.05) is 12.1 Å². The number of alkyl halides is 3. The molecule has 1 aliphatic rings. The van der Waals surface area contributed by atoms with Gasteiger partial charge in [0.2, 0.25) is 15.9 Å². The zero-order valence-electron chi connectivity index (χ0n) is 14.3. The van der Waals surface area contributed by atoms with E-state index in [0.717, 1.165) is 27.4 Å². The highest BCUT2D eigenvalue weighted by Gasteiger charge is 2.40. The summed E-state index contributed by atoms with van der Waals surface area (Å²) in [7, 11) is -4.16. The van der Waals surface area contributed by atoms with Crippen molar-refractivity contribution >= 4 is 21.4 Å². The number of hydrogen-bond acceptors (Lipinski definition) is 6. The zero-order chi connectivity index (χ0) is 19.9. The van der Waals surface area contributed by atoms with Crippen molar-refractivity contribution < 1.29 is 26.0 Å². The van der Waals surface area contributed by atoms with Crippen LogP contribution in [0.4, 0.5) is 13.2 Å². The van der Waals surface area contributed by atoms with E-state index in [1.807, 2.05) is 11.4 Å². The predicted molar refractivity (Wildman–Crippen MR) is 94.9 cm³/mol. The molecular formula is C17H14F3N3O3S2. The van der Waals surface area contributed by atoms with Gasteiger partial charge < -0.3 is 4.42 Å². The van der Waals surface area contributed by atoms with Crippen LogP contribution >= 0.6 is 11.3 Å². The molecule has 0 saturated carbocycles. The van der Waals surface area contributed by atoms with Gasteiger partial charge in [0.15, 0.2) is 0 Å². The largest absolute Gasteiger partial charge is 0.418 e. The number of rotatable bonds is 4. The second kappa shape index (κ2) is 6.98. The Morgan fingerprint density at radius 3 is 2.71 bits per heavy atom. The van der Waals surface area contributed by atoms with Crippen molar-refractivity contribution in [3.8, 4) is 10.8 Å². The average molecular weight is 429 g/mol. The highest BCUT2D eigenvalue weighted by atomic mass is 32.2. The van der Waals surface area contributed by atoms with Crippen LogP contribution in [0.2, 0.25) is 0 Å². The molecular weight excluding hydrogens is 415 g/mol. The van der Waals surface area contributed by atoms with E-state index in [2.05, 4.69) is 10.2 Å². The van der Waals surface area contributed by atoms with Crippen LogP contribution in [-0.4, -0.2) is 29.5 Å². The monoisotopic (exact) mass is 429 g/mol. The van der Waals surface area contributed by atoms with E-state index in [1.165, 1.54) is 11.3 Å². The number of hydrogen-bond donors (Lipinski definition) is 0. The molecule has 0 radical (unpaired) electrons. The molecule has 1 fully saturated rings. The first kappa shape index (κ1) is 19.1. The third-order valence-corrected chi connectivity index (χ3v) is 7.19. The molecule has 4 rings (SSSR count). The molecule has 3 aromatic rings. The second-order valence-electron chi connectivity index (χ2n) is 6.22. The molecule has 148 valence electrons. The molecule has 3 heterocycles. The number of sulfonamides is 1. The summed E-state index contributed by atoms with van der Waals surface area (Å²) in [5, 5.41) is 9.78. The van der Waals surface area contributed by atoms with Gasteiger partial charge in [0.05, 0.1) is 15.3 Å². The van der Waals surface area contributed by atoms with Gasteiger partial charge in [-0.05, 0) is 42.5 Å². The second-order valence-corrected chi connectivity index (χ2v) is 9.06. The van der Waals surface area contributed by atoms with E-state index < -0.39 is 32.7 Å². The topological polar surface area (TPSA) is 76.3 Å². The van der Waals surface area contributed by atoms with Crippen LogP contribution in [0.5, 0.6) is 0 Å². The van der Waals surface area contributed by atoms with Gasteiger partial charge in [-0.25, -0.2) is 8.42 Å². The molecule has 1 atom stereocenters. The van der Waals surface area contributed by atoms with Crippen molar-refractivity contribution in [1.29, 1.82) is 0 Å². The lowest BCUT2D eigenvalue weighted by molar-refractivity contribution is -0.137. The van der Waals surface area contributed by atoms with E-state index in [-0.39, 0.29) is 18.3 Å². The Labute approximate surface area is 162 Å². The van der Waals surface area contributed by atoms with Gasteiger partial charge >= 0.3 is 6.18 Å². The summed E-state index contributed by atoms with van der Waals surface area (Å²) in [6.07, 6.45) is -3.64. The lowest BCUT2D eigenvalue weighted by Gasteiger charge is -2.22. The van der Waals surface area contributed by atoms with Crippen LogP contribution in [0.15, 0.2) is 51.1 Å². The smallest absolute Gasteiger partial charge is 0.416 e. The molecule has 0 unspecified atom stereocenters. The molecule has 0 amide bonds. The van der Waals surface area contributed by atoms with E-state index >= 15 is 0 Å². The summed E-state index contributed by atoms with van der Waals surface area (Å²) >= 11 is 1.40. The number of thiophene rings is 1. The Bertz CT molecular complexity index is 1080. The van der Waals surface area contributed by atoms with Crippen molar-refractivity contribution in [2.75, 3.05) is 6.54 Å². The molecule has 11 heteroatoms. The summed E-state index contributed by atoms with van der Waals surface area (Å²) < 4.78 is 71.7. The van der Waals surface area contributed by atoms with Crippen molar-refractivity contribution in [2.24, 2.45) is 0 Å². The first-order chi connectivity index (χ1) is 13.3. The van der Waals surface area contributed by atoms with Crippen LogP contribution in [-0.2, 0) is 16.2 Å². The van der Waals surface area contributed by atoms with Gasteiger partial charge in [0.1, 0.15) is 6.04 Å². The minimum absolute atomic E-state index is 0.136. The number of aromatic nitrogens is 2. The van der Waals surface area contributed by atoms with Crippen LogP contribution in [0.1, 0.15) is 30.3 Å². The van der Waals surface area contributed by atoms with Crippen LogP contribution in [0, 0.1) is 0 Å². The minimum Gasteiger partial charge on any atom is -0.418 e. The maximum atomic E-state index is 13.0. The SMILES string of the molecule is O=S(=O)(c1cccc(C(F)(F)F)c1)N1CCC[C@H]1c1nnc(-c2cccs2)o1. The van der Waals surface area contributed by atoms with Crippen molar-refractivity contribution in [3.05, 3.63) is 53.2 Å². The molecule has 0 spiro atoms. The van der Waals surface area contributed by atoms with Crippen LogP contribution in [0.25, 0.3) is 10.8 Å². The van der Waals surface area contributed by atoms with Crippen LogP contribution in [0.3, 0.4) is 0 Å². The number of nitrogens with zero attached hydrogens (tertiary/aromatic N) is 3. The summed E-state index contributed by atoms with van der Waals surface area (Å²) in [5.74, 6) is 0.421. The van der Waals surface area contributed by atoms with Crippen molar-refractivity contribution in [3.63, 3.8) is 0 Å². The van der Waals surface area contributed by atoms with Crippen molar-refractivity contribution in [1.82, 2.24) is 14.5 Å². The highest BCUT2D eigenvalue weighted by molar-refractivity contribution is 7.89. The fourth-order valence-corrected chi connectivity index (χ4v) is 5.45. The molecule has 0 N–H and O–H groups in total. The molecule has 2 aromatic heterocycles. The molecule has 0 aliphatic carbocycles. The summed E-state index contributed by atoms with van der Waals surface area (Å²) in [4.78, 5) is 0.344.